The molecule has 6 rings (SSSR count). The zero-order chi connectivity index (χ0) is 29.1. The lowest BCUT2D eigenvalue weighted by Crippen LogP contribution is -2.26. The molecule has 1 N–H and O–H groups in total. The molecule has 0 aliphatic carbocycles. The van der Waals surface area contributed by atoms with Gasteiger partial charge in [0.15, 0.2) is 0 Å². The van der Waals surface area contributed by atoms with Crippen LogP contribution in [0.3, 0.4) is 0 Å². The molecule has 0 aliphatic rings. The Kier molecular flexibility index (Phi) is 7.87. The first kappa shape index (κ1) is 27.5. The number of Topliss-reactive ketones (excluding diaryl/α,β-unsaturated/α-hetero) is 1. The quantitative estimate of drug-likeness (QED) is 0.196. The van der Waals surface area contributed by atoms with E-state index in [0.29, 0.717) is 33.5 Å². The summed E-state index contributed by atoms with van der Waals surface area (Å²) in [5, 5.41) is 9.58. The van der Waals surface area contributed by atoms with Gasteiger partial charge in [0.05, 0.1) is 23.0 Å². The van der Waals surface area contributed by atoms with E-state index in [1.165, 1.54) is 32.1 Å². The monoisotopic (exact) mass is 612 g/mol. The van der Waals surface area contributed by atoms with Gasteiger partial charge < -0.3 is 9.88 Å². The van der Waals surface area contributed by atoms with Crippen molar-refractivity contribution in [1.82, 2.24) is 23.7 Å². The SMILES string of the molecule is O=C(Cn1cc(-c2ccncc2)cc(-c2cc(NCc3ccc(Cl)s3)n(C(=O)c3ccccc3)n2)c1=O)c1ccsn1. The molecule has 6 aromatic rings. The smallest absolute Gasteiger partial charge is 0.280 e. The minimum Gasteiger partial charge on any atom is -0.365 e. The molecule has 5 aromatic heterocycles. The van der Waals surface area contributed by atoms with Crippen molar-refractivity contribution in [2.75, 3.05) is 5.32 Å². The average Bonchev–Trinajstić information content (AvgIpc) is 3.79. The Bertz CT molecular complexity index is 1930. The maximum absolute atomic E-state index is 13.8. The van der Waals surface area contributed by atoms with Crippen molar-refractivity contribution >= 4 is 52.0 Å². The van der Waals surface area contributed by atoms with Crippen molar-refractivity contribution in [3.8, 4) is 22.4 Å². The van der Waals surface area contributed by atoms with Gasteiger partial charge in [0.25, 0.3) is 11.5 Å². The fourth-order valence-corrected chi connectivity index (χ4v) is 5.91. The highest BCUT2D eigenvalue weighted by Crippen LogP contribution is 2.27. The largest absolute Gasteiger partial charge is 0.365 e. The number of nitrogens with zero attached hydrogens (tertiary/aromatic N) is 5. The summed E-state index contributed by atoms with van der Waals surface area (Å²) in [5.41, 5.74) is 2.30. The van der Waals surface area contributed by atoms with Crippen LogP contribution in [0.5, 0.6) is 0 Å². The lowest BCUT2D eigenvalue weighted by molar-refractivity contribution is 0.0945. The van der Waals surface area contributed by atoms with Crippen LogP contribution in [-0.4, -0.2) is 35.4 Å². The van der Waals surface area contributed by atoms with Crippen LogP contribution in [0.15, 0.2) is 102 Å². The first-order valence-corrected chi connectivity index (χ1v) is 14.8. The summed E-state index contributed by atoms with van der Waals surface area (Å²) in [4.78, 5) is 45.3. The number of pyridine rings is 2. The Morgan fingerprint density at radius 2 is 1.76 bits per heavy atom. The van der Waals surface area contributed by atoms with Gasteiger partial charge in [-0.1, -0.05) is 29.8 Å². The summed E-state index contributed by atoms with van der Waals surface area (Å²) in [6.07, 6.45) is 4.94. The molecule has 0 bridgehead atoms. The highest BCUT2D eigenvalue weighted by atomic mass is 35.5. The fraction of sp³-hybridized carbons (Fsp3) is 0.0667. The van der Waals surface area contributed by atoms with Crippen molar-refractivity contribution < 1.29 is 9.59 Å². The van der Waals surface area contributed by atoms with Crippen molar-refractivity contribution in [2.24, 2.45) is 0 Å². The minimum absolute atomic E-state index is 0.206. The van der Waals surface area contributed by atoms with Crippen LogP contribution in [0, 0.1) is 0 Å². The summed E-state index contributed by atoms with van der Waals surface area (Å²) in [7, 11) is 0. The topological polar surface area (TPSA) is 112 Å². The van der Waals surface area contributed by atoms with Crippen LogP contribution in [0.1, 0.15) is 25.7 Å². The van der Waals surface area contributed by atoms with E-state index < -0.39 is 5.56 Å². The fourth-order valence-electron chi connectivity index (χ4n) is 4.35. The summed E-state index contributed by atoms with van der Waals surface area (Å²) in [6, 6.07) is 21.1. The molecule has 12 heteroatoms. The third kappa shape index (κ3) is 5.84. The molecule has 42 heavy (non-hydrogen) atoms. The Morgan fingerprint density at radius 3 is 2.48 bits per heavy atom. The lowest BCUT2D eigenvalue weighted by Gasteiger charge is -2.10. The summed E-state index contributed by atoms with van der Waals surface area (Å²) >= 11 is 8.70. The van der Waals surface area contributed by atoms with Crippen LogP contribution in [0.2, 0.25) is 4.34 Å². The molecule has 9 nitrogen and oxygen atoms in total. The molecule has 0 radical (unpaired) electrons. The normalized spacial score (nSPS) is 11.0. The molecule has 0 spiro atoms. The number of hydrogen-bond donors (Lipinski definition) is 1. The molecule has 0 saturated carbocycles. The number of thiophene rings is 1. The van der Waals surface area contributed by atoms with E-state index in [1.807, 2.05) is 24.3 Å². The second-order valence-corrected chi connectivity index (χ2v) is 11.6. The molecule has 0 aliphatic heterocycles. The molecule has 1 aromatic carbocycles. The van der Waals surface area contributed by atoms with E-state index in [0.717, 1.165) is 10.4 Å². The third-order valence-corrected chi connectivity index (χ3v) is 8.20. The van der Waals surface area contributed by atoms with Crippen molar-refractivity contribution in [2.45, 2.75) is 13.1 Å². The van der Waals surface area contributed by atoms with E-state index >= 15 is 0 Å². The summed E-state index contributed by atoms with van der Waals surface area (Å²) in [5.74, 6) is -0.252. The molecule has 0 fully saturated rings. The van der Waals surface area contributed by atoms with Crippen LogP contribution < -0.4 is 10.9 Å². The first-order valence-electron chi connectivity index (χ1n) is 12.7. The predicted octanol–water partition coefficient (Wildman–Crippen LogP) is 6.13. The van der Waals surface area contributed by atoms with Crippen molar-refractivity contribution in [3.63, 3.8) is 0 Å². The molecular weight excluding hydrogens is 592 g/mol. The number of anilines is 1. The van der Waals surface area contributed by atoms with Crippen LogP contribution in [-0.2, 0) is 13.1 Å². The second-order valence-electron chi connectivity index (χ2n) is 9.18. The zero-order valence-electron chi connectivity index (χ0n) is 21.8. The van der Waals surface area contributed by atoms with E-state index in [4.69, 9.17) is 11.6 Å². The number of rotatable bonds is 9. The van der Waals surface area contributed by atoms with Gasteiger partial charge in [-0.05, 0) is 71.2 Å². The van der Waals surface area contributed by atoms with Crippen LogP contribution >= 0.6 is 34.5 Å². The molecule has 0 amide bonds. The molecular formula is C30H21ClN6O3S2. The van der Waals surface area contributed by atoms with Gasteiger partial charge in [-0.2, -0.15) is 14.2 Å². The minimum atomic E-state index is -0.426. The Labute approximate surface area is 252 Å². The average molecular weight is 613 g/mol. The number of nitrogens with one attached hydrogen (secondary N) is 1. The molecule has 0 unspecified atom stereocenters. The van der Waals surface area contributed by atoms with E-state index in [9.17, 15) is 14.4 Å². The molecule has 208 valence electrons. The van der Waals surface area contributed by atoms with Gasteiger partial charge >= 0.3 is 0 Å². The second kappa shape index (κ2) is 12.0. The number of hydrogen-bond acceptors (Lipinski definition) is 9. The number of ketones is 1. The summed E-state index contributed by atoms with van der Waals surface area (Å²) < 4.78 is 7.37. The standard InChI is InChI=1S/C30H21ClN6O3S2/c31-27-7-6-22(42-27)16-33-28-15-25(34-37(28)29(39)20-4-2-1-3-5-20)23-14-21(19-8-11-32-12-9-19)17-36(30(23)40)18-26(38)24-10-13-41-35-24/h1-15,17,33H,16,18H2. The van der Waals surface area contributed by atoms with Crippen LogP contribution in [0.4, 0.5) is 5.82 Å². The Hall–Kier alpha value is -4.71. The first-order chi connectivity index (χ1) is 20.5. The number of halogens is 1. The molecule has 0 saturated heterocycles. The summed E-state index contributed by atoms with van der Waals surface area (Å²) in [6.45, 7) is 0.191. The maximum atomic E-state index is 13.8. The maximum Gasteiger partial charge on any atom is 0.280 e. The van der Waals surface area contributed by atoms with Gasteiger partial charge in [-0.25, -0.2) is 0 Å². The third-order valence-electron chi connectivity index (χ3n) is 6.41. The number of benzene rings is 1. The molecule has 5 heterocycles. The van der Waals surface area contributed by atoms with E-state index in [2.05, 4.69) is 19.8 Å². The van der Waals surface area contributed by atoms with Gasteiger partial charge in [-0.15, -0.1) is 11.3 Å². The number of carbonyl (C=O) groups excluding carboxylic acids is 2. The lowest BCUT2D eigenvalue weighted by atomic mass is 10.1. The Balaban J connectivity index is 1.46. The van der Waals surface area contributed by atoms with Gasteiger partial charge in [0, 0.05) is 40.5 Å². The van der Waals surface area contributed by atoms with Gasteiger partial charge in [-0.3, -0.25) is 19.4 Å². The van der Waals surface area contributed by atoms with Crippen molar-refractivity contribution in [1.29, 1.82) is 0 Å². The van der Waals surface area contributed by atoms with Crippen molar-refractivity contribution in [3.05, 3.63) is 128 Å². The number of aromatic nitrogens is 5. The van der Waals surface area contributed by atoms with E-state index in [1.54, 1.807) is 72.5 Å². The van der Waals surface area contributed by atoms with E-state index in [-0.39, 0.29) is 29.5 Å². The zero-order valence-corrected chi connectivity index (χ0v) is 24.2. The van der Waals surface area contributed by atoms with Gasteiger partial charge in [0.1, 0.15) is 17.2 Å². The number of carbonyl (C=O) groups is 2. The molecule has 0 atom stereocenters. The highest BCUT2D eigenvalue weighted by molar-refractivity contribution is 7.16. The highest BCUT2D eigenvalue weighted by Gasteiger charge is 2.21. The van der Waals surface area contributed by atoms with Gasteiger partial charge in [0.2, 0.25) is 5.78 Å². The van der Waals surface area contributed by atoms with Crippen LogP contribution in [0.25, 0.3) is 22.4 Å². The predicted molar refractivity (Wildman–Crippen MR) is 164 cm³/mol. The Morgan fingerprint density at radius 1 is 0.952 bits per heavy atom.